The number of aromatic nitrogens is 1. The molecule has 0 atom stereocenters. The van der Waals surface area contributed by atoms with Crippen LogP contribution in [0.25, 0.3) is 11.3 Å². The fourth-order valence-corrected chi connectivity index (χ4v) is 2.06. The smallest absolute Gasteiger partial charge is 0.208 e. The average Bonchev–Trinajstić information content (AvgIpc) is 2.76. The molecule has 0 radical (unpaired) electrons. The minimum Gasteiger partial charge on any atom is -0.439 e. The van der Waals surface area contributed by atoms with Crippen LogP contribution in [0.4, 0.5) is 8.78 Å². The summed E-state index contributed by atoms with van der Waals surface area (Å²) in [6.45, 7) is 3.31. The molecule has 2 rings (SSSR count). The average molecular weight is 331 g/mol. The summed E-state index contributed by atoms with van der Waals surface area (Å²) in [5.74, 6) is -0.867. The zero-order valence-corrected chi connectivity index (χ0v) is 11.9. The van der Waals surface area contributed by atoms with Gasteiger partial charge in [0, 0.05) is 4.47 Å². The van der Waals surface area contributed by atoms with Gasteiger partial charge in [-0.3, -0.25) is 0 Å². The van der Waals surface area contributed by atoms with Crippen molar-refractivity contribution in [1.82, 2.24) is 10.3 Å². The number of hydrogen-bond donors (Lipinski definition) is 1. The predicted octanol–water partition coefficient (Wildman–Crippen LogP) is 3.88. The molecule has 19 heavy (non-hydrogen) atoms. The molecule has 0 aliphatic rings. The Kier molecular flexibility index (Phi) is 4.66. The fourth-order valence-electron chi connectivity index (χ4n) is 1.66. The van der Waals surface area contributed by atoms with Gasteiger partial charge in [0.15, 0.2) is 5.76 Å². The van der Waals surface area contributed by atoms with Crippen LogP contribution in [0.1, 0.15) is 19.2 Å². The van der Waals surface area contributed by atoms with Crippen molar-refractivity contribution in [3.63, 3.8) is 0 Å². The Morgan fingerprint density at radius 1 is 1.32 bits per heavy atom. The van der Waals surface area contributed by atoms with Gasteiger partial charge >= 0.3 is 0 Å². The molecule has 0 saturated carbocycles. The van der Waals surface area contributed by atoms with Crippen molar-refractivity contribution >= 4 is 15.9 Å². The van der Waals surface area contributed by atoms with Gasteiger partial charge in [-0.1, -0.05) is 22.9 Å². The second-order valence-electron chi connectivity index (χ2n) is 4.04. The number of benzene rings is 1. The Morgan fingerprint density at radius 2 is 2.00 bits per heavy atom. The van der Waals surface area contributed by atoms with Crippen LogP contribution >= 0.6 is 15.9 Å². The molecule has 0 bridgehead atoms. The third-order valence-corrected chi connectivity index (χ3v) is 2.97. The third-order valence-electron chi connectivity index (χ3n) is 2.51. The Hall–Kier alpha value is -1.27. The summed E-state index contributed by atoms with van der Waals surface area (Å²) in [6, 6.07) is 2.38. The molecule has 2 aromatic rings. The monoisotopic (exact) mass is 330 g/mol. The molecule has 3 nitrogen and oxygen atoms in total. The van der Waals surface area contributed by atoms with Crippen LogP contribution < -0.4 is 5.32 Å². The summed E-state index contributed by atoms with van der Waals surface area (Å²) in [5.41, 5.74) is -0.197. The second-order valence-corrected chi connectivity index (χ2v) is 4.96. The van der Waals surface area contributed by atoms with Crippen LogP contribution in [0.3, 0.4) is 0 Å². The van der Waals surface area contributed by atoms with Gasteiger partial charge in [-0.2, -0.15) is 0 Å². The van der Waals surface area contributed by atoms with E-state index >= 15 is 0 Å². The number of rotatable bonds is 5. The van der Waals surface area contributed by atoms with Crippen molar-refractivity contribution in [3.8, 4) is 11.3 Å². The van der Waals surface area contributed by atoms with Crippen molar-refractivity contribution in [2.45, 2.75) is 19.9 Å². The first-order valence-electron chi connectivity index (χ1n) is 5.92. The maximum atomic E-state index is 13.7. The normalized spacial score (nSPS) is 10.9. The first-order chi connectivity index (χ1) is 9.11. The van der Waals surface area contributed by atoms with E-state index in [4.69, 9.17) is 4.42 Å². The molecule has 0 unspecified atom stereocenters. The lowest BCUT2D eigenvalue weighted by Crippen LogP contribution is -2.13. The standard InChI is InChI=1S/C13H13BrF2N2O/c1-2-3-17-7-12-18-6-11(19-12)13-9(15)4-8(14)5-10(13)16/h4-6,17H,2-3,7H2,1H3. The molecular weight excluding hydrogens is 318 g/mol. The highest BCUT2D eigenvalue weighted by Crippen LogP contribution is 2.29. The lowest BCUT2D eigenvalue weighted by atomic mass is 10.1. The Labute approximate surface area is 118 Å². The Balaban J connectivity index is 2.23. The maximum Gasteiger partial charge on any atom is 0.208 e. The summed E-state index contributed by atoms with van der Waals surface area (Å²) in [5, 5.41) is 3.10. The van der Waals surface area contributed by atoms with E-state index in [1.807, 2.05) is 6.92 Å². The quantitative estimate of drug-likeness (QED) is 0.845. The molecule has 1 aromatic carbocycles. The van der Waals surface area contributed by atoms with E-state index in [1.54, 1.807) is 0 Å². The maximum absolute atomic E-state index is 13.7. The lowest BCUT2D eigenvalue weighted by Gasteiger charge is -2.02. The minimum absolute atomic E-state index is 0.0933. The third kappa shape index (κ3) is 3.39. The summed E-state index contributed by atoms with van der Waals surface area (Å²) >= 11 is 3.03. The zero-order valence-electron chi connectivity index (χ0n) is 10.3. The number of nitrogens with one attached hydrogen (secondary N) is 1. The van der Waals surface area contributed by atoms with Crippen molar-refractivity contribution in [1.29, 1.82) is 0 Å². The van der Waals surface area contributed by atoms with Gasteiger partial charge in [-0.05, 0) is 25.1 Å². The molecule has 0 aliphatic heterocycles. The summed E-state index contributed by atoms with van der Waals surface area (Å²) in [6.07, 6.45) is 2.32. The molecule has 1 N–H and O–H groups in total. The highest BCUT2D eigenvalue weighted by atomic mass is 79.9. The Morgan fingerprint density at radius 3 is 2.63 bits per heavy atom. The molecule has 102 valence electrons. The van der Waals surface area contributed by atoms with Crippen LogP contribution in [0.2, 0.25) is 0 Å². The van der Waals surface area contributed by atoms with Crippen molar-refractivity contribution in [2.24, 2.45) is 0 Å². The summed E-state index contributed by atoms with van der Waals surface area (Å²) in [4.78, 5) is 3.99. The molecule has 0 amide bonds. The van der Waals surface area contributed by atoms with Crippen LogP contribution in [-0.4, -0.2) is 11.5 Å². The first kappa shape index (κ1) is 14.1. The van der Waals surface area contributed by atoms with Gasteiger partial charge in [-0.15, -0.1) is 0 Å². The second kappa shape index (κ2) is 6.25. The van der Waals surface area contributed by atoms with Crippen molar-refractivity contribution in [2.75, 3.05) is 6.54 Å². The largest absolute Gasteiger partial charge is 0.439 e. The first-order valence-corrected chi connectivity index (χ1v) is 6.71. The van der Waals surface area contributed by atoms with Crippen molar-refractivity contribution in [3.05, 3.63) is 40.3 Å². The minimum atomic E-state index is -0.684. The van der Waals surface area contributed by atoms with Gasteiger partial charge in [0.1, 0.15) is 11.6 Å². The highest BCUT2D eigenvalue weighted by molar-refractivity contribution is 9.10. The van der Waals surface area contributed by atoms with Gasteiger partial charge < -0.3 is 9.73 Å². The summed E-state index contributed by atoms with van der Waals surface area (Å²) < 4.78 is 33.2. The van der Waals surface area contributed by atoms with Crippen molar-refractivity contribution < 1.29 is 13.2 Å². The fraction of sp³-hybridized carbons (Fsp3) is 0.308. The van der Waals surface area contributed by atoms with E-state index in [2.05, 4.69) is 26.2 Å². The van der Waals surface area contributed by atoms with E-state index in [9.17, 15) is 8.78 Å². The number of nitrogens with zero attached hydrogens (tertiary/aromatic N) is 1. The lowest BCUT2D eigenvalue weighted by molar-refractivity contribution is 0.471. The van der Waals surface area contributed by atoms with Gasteiger partial charge in [0.05, 0.1) is 18.3 Å². The van der Waals surface area contributed by atoms with Gasteiger partial charge in [0.2, 0.25) is 5.89 Å². The zero-order chi connectivity index (χ0) is 13.8. The molecular formula is C13H13BrF2N2O. The summed E-state index contributed by atoms with van der Waals surface area (Å²) in [7, 11) is 0. The molecule has 0 fully saturated rings. The SMILES string of the molecule is CCCNCc1ncc(-c2c(F)cc(Br)cc2F)o1. The van der Waals surface area contributed by atoms with E-state index in [1.165, 1.54) is 18.3 Å². The van der Waals surface area contributed by atoms with Crippen LogP contribution in [0.15, 0.2) is 27.2 Å². The number of hydrogen-bond acceptors (Lipinski definition) is 3. The molecule has 1 heterocycles. The van der Waals surface area contributed by atoms with E-state index in [0.29, 0.717) is 16.9 Å². The predicted molar refractivity (Wildman–Crippen MR) is 71.6 cm³/mol. The highest BCUT2D eigenvalue weighted by Gasteiger charge is 2.17. The molecule has 1 aromatic heterocycles. The van der Waals surface area contributed by atoms with Gasteiger partial charge in [-0.25, -0.2) is 13.8 Å². The van der Waals surface area contributed by atoms with Crippen LogP contribution in [0, 0.1) is 11.6 Å². The van der Waals surface area contributed by atoms with E-state index in [0.717, 1.165) is 13.0 Å². The number of halogens is 3. The molecule has 6 heteroatoms. The molecule has 0 aliphatic carbocycles. The van der Waals surface area contributed by atoms with Crippen LogP contribution in [0.5, 0.6) is 0 Å². The number of oxazole rings is 1. The molecule has 0 spiro atoms. The van der Waals surface area contributed by atoms with E-state index < -0.39 is 11.6 Å². The van der Waals surface area contributed by atoms with E-state index in [-0.39, 0.29) is 11.3 Å². The molecule has 0 saturated heterocycles. The van der Waals surface area contributed by atoms with Crippen LogP contribution in [-0.2, 0) is 6.54 Å². The Bertz CT molecular complexity index is 549. The topological polar surface area (TPSA) is 38.1 Å². The van der Waals surface area contributed by atoms with Gasteiger partial charge in [0.25, 0.3) is 0 Å².